The lowest BCUT2D eigenvalue weighted by atomic mass is 10.2. The fraction of sp³-hybridized carbons (Fsp3) is 0.412. The van der Waals surface area contributed by atoms with Crippen molar-refractivity contribution in [1.29, 1.82) is 0 Å². The first-order chi connectivity index (χ1) is 10.3. The van der Waals surface area contributed by atoms with Gasteiger partial charge in [0.1, 0.15) is 11.3 Å². The van der Waals surface area contributed by atoms with Crippen molar-refractivity contribution < 1.29 is 0 Å². The van der Waals surface area contributed by atoms with Gasteiger partial charge in [-0.05, 0) is 24.8 Å². The first kappa shape index (κ1) is 13.1. The van der Waals surface area contributed by atoms with Gasteiger partial charge in [0.2, 0.25) is 0 Å². The molecule has 1 aliphatic rings. The molecule has 3 nitrogen and oxygen atoms in total. The highest BCUT2D eigenvalue weighted by molar-refractivity contribution is 6.17. The highest BCUT2D eigenvalue weighted by Gasteiger charge is 2.40. The van der Waals surface area contributed by atoms with E-state index < -0.39 is 0 Å². The van der Waals surface area contributed by atoms with E-state index in [9.17, 15) is 0 Å². The summed E-state index contributed by atoms with van der Waals surface area (Å²) < 4.78 is 2.38. The van der Waals surface area contributed by atoms with E-state index in [2.05, 4.69) is 34.7 Å². The summed E-state index contributed by atoms with van der Waals surface area (Å²) in [6, 6.07) is 8.86. The van der Waals surface area contributed by atoms with Crippen LogP contribution in [-0.2, 0) is 5.88 Å². The zero-order valence-electron chi connectivity index (χ0n) is 12.1. The Balaban J connectivity index is 1.96. The van der Waals surface area contributed by atoms with Crippen LogP contribution >= 0.6 is 11.6 Å². The second kappa shape index (κ2) is 4.99. The van der Waals surface area contributed by atoms with Gasteiger partial charge in [-0.2, -0.15) is 0 Å². The van der Waals surface area contributed by atoms with Crippen LogP contribution in [-0.4, -0.2) is 14.5 Å². The van der Waals surface area contributed by atoms with Crippen molar-refractivity contribution in [1.82, 2.24) is 14.5 Å². The van der Waals surface area contributed by atoms with Crippen molar-refractivity contribution in [3.63, 3.8) is 0 Å². The zero-order chi connectivity index (χ0) is 14.4. The number of hydrogen-bond acceptors (Lipinski definition) is 2. The van der Waals surface area contributed by atoms with E-state index in [-0.39, 0.29) is 0 Å². The smallest absolute Gasteiger partial charge is 0.125 e. The van der Waals surface area contributed by atoms with Gasteiger partial charge in [-0.3, -0.25) is 4.98 Å². The minimum Gasteiger partial charge on any atom is -0.323 e. The van der Waals surface area contributed by atoms with Crippen LogP contribution in [0.4, 0.5) is 0 Å². The SMILES string of the molecule is CCCC1CC1n1c(CCl)nc2cnc3ccccc3c21. The van der Waals surface area contributed by atoms with Crippen molar-refractivity contribution in [2.45, 2.75) is 38.1 Å². The first-order valence-corrected chi connectivity index (χ1v) is 8.17. The topological polar surface area (TPSA) is 30.7 Å². The van der Waals surface area contributed by atoms with Gasteiger partial charge in [0, 0.05) is 11.4 Å². The molecule has 0 radical (unpaired) electrons. The van der Waals surface area contributed by atoms with Crippen LogP contribution < -0.4 is 0 Å². The third kappa shape index (κ3) is 2.03. The molecule has 0 amide bonds. The van der Waals surface area contributed by atoms with Crippen LogP contribution in [0.5, 0.6) is 0 Å². The lowest BCUT2D eigenvalue weighted by Gasteiger charge is -2.09. The summed E-state index contributed by atoms with van der Waals surface area (Å²) in [5.41, 5.74) is 3.20. The van der Waals surface area contributed by atoms with Gasteiger partial charge in [-0.1, -0.05) is 31.5 Å². The number of pyridine rings is 1. The van der Waals surface area contributed by atoms with E-state index >= 15 is 0 Å². The lowest BCUT2D eigenvalue weighted by Crippen LogP contribution is -2.02. The molecule has 2 heterocycles. The molecule has 0 spiro atoms. The summed E-state index contributed by atoms with van der Waals surface area (Å²) in [6.07, 6.45) is 5.66. The first-order valence-electron chi connectivity index (χ1n) is 7.64. The molecule has 2 unspecified atom stereocenters. The van der Waals surface area contributed by atoms with Crippen molar-refractivity contribution in [3.05, 3.63) is 36.3 Å². The van der Waals surface area contributed by atoms with Gasteiger partial charge >= 0.3 is 0 Å². The summed E-state index contributed by atoms with van der Waals surface area (Å²) >= 11 is 6.15. The third-order valence-electron chi connectivity index (χ3n) is 4.49. The minimum absolute atomic E-state index is 0.457. The number of hydrogen-bond donors (Lipinski definition) is 0. The highest BCUT2D eigenvalue weighted by atomic mass is 35.5. The Morgan fingerprint density at radius 2 is 2.14 bits per heavy atom. The molecule has 1 aromatic carbocycles. The van der Waals surface area contributed by atoms with E-state index in [1.807, 2.05) is 12.3 Å². The molecule has 1 aliphatic carbocycles. The number of fused-ring (bicyclic) bond motifs is 3. The van der Waals surface area contributed by atoms with Crippen molar-refractivity contribution in [2.75, 3.05) is 0 Å². The number of aromatic nitrogens is 3. The average molecular weight is 300 g/mol. The maximum Gasteiger partial charge on any atom is 0.125 e. The average Bonchev–Trinajstić information content (AvgIpc) is 3.16. The van der Waals surface area contributed by atoms with E-state index in [0.717, 1.165) is 22.8 Å². The fourth-order valence-corrected chi connectivity index (χ4v) is 3.64. The summed E-state index contributed by atoms with van der Waals surface area (Å²) in [7, 11) is 0. The zero-order valence-corrected chi connectivity index (χ0v) is 12.8. The molecule has 0 N–H and O–H groups in total. The molecule has 0 bridgehead atoms. The minimum atomic E-state index is 0.457. The maximum atomic E-state index is 6.15. The van der Waals surface area contributed by atoms with Crippen molar-refractivity contribution >= 4 is 33.5 Å². The molecule has 108 valence electrons. The molecule has 3 aromatic rings. The molecule has 1 fully saturated rings. The maximum absolute atomic E-state index is 6.15. The van der Waals surface area contributed by atoms with Crippen molar-refractivity contribution in [3.8, 4) is 0 Å². The van der Waals surface area contributed by atoms with E-state index in [1.165, 1.54) is 30.2 Å². The van der Waals surface area contributed by atoms with Crippen LogP contribution in [0, 0.1) is 5.92 Å². The molecule has 2 atom stereocenters. The molecule has 1 saturated carbocycles. The normalized spacial score (nSPS) is 21.2. The van der Waals surface area contributed by atoms with Gasteiger partial charge in [0.05, 0.1) is 23.1 Å². The Hall–Kier alpha value is -1.61. The number of benzene rings is 1. The molecule has 0 saturated heterocycles. The van der Waals surface area contributed by atoms with Gasteiger partial charge in [0.25, 0.3) is 0 Å². The van der Waals surface area contributed by atoms with Gasteiger partial charge in [-0.15, -0.1) is 11.6 Å². The monoisotopic (exact) mass is 299 g/mol. The molecular weight excluding hydrogens is 282 g/mol. The molecular formula is C17H18ClN3. The van der Waals surface area contributed by atoms with Crippen LogP contribution in [0.25, 0.3) is 21.9 Å². The van der Waals surface area contributed by atoms with Gasteiger partial charge in [-0.25, -0.2) is 4.98 Å². The Morgan fingerprint density at radius 3 is 2.95 bits per heavy atom. The lowest BCUT2D eigenvalue weighted by molar-refractivity contribution is 0.606. The Kier molecular flexibility index (Phi) is 3.11. The summed E-state index contributed by atoms with van der Waals surface area (Å²) in [6.45, 7) is 2.25. The van der Waals surface area contributed by atoms with E-state index in [0.29, 0.717) is 11.9 Å². The van der Waals surface area contributed by atoms with Crippen LogP contribution in [0.3, 0.4) is 0 Å². The van der Waals surface area contributed by atoms with Crippen LogP contribution in [0.1, 0.15) is 38.1 Å². The van der Waals surface area contributed by atoms with Gasteiger partial charge < -0.3 is 4.57 Å². The standard InChI is InChI=1S/C17H18ClN3/c1-2-5-11-8-15(11)21-16(9-18)20-14-10-19-13-7-4-3-6-12(13)17(14)21/h3-4,6-7,10-11,15H,2,5,8-9H2,1H3. The number of nitrogens with zero attached hydrogens (tertiary/aromatic N) is 3. The summed E-state index contributed by atoms with van der Waals surface area (Å²) in [5, 5.41) is 1.18. The number of halogens is 1. The molecule has 4 heteroatoms. The fourth-order valence-electron chi connectivity index (χ4n) is 3.45. The predicted molar refractivity (Wildman–Crippen MR) is 86.6 cm³/mol. The second-order valence-electron chi connectivity index (χ2n) is 5.89. The number of para-hydroxylation sites is 1. The Morgan fingerprint density at radius 1 is 1.29 bits per heavy atom. The Labute approximate surface area is 129 Å². The molecule has 21 heavy (non-hydrogen) atoms. The molecule has 0 aliphatic heterocycles. The quantitative estimate of drug-likeness (QED) is 0.655. The largest absolute Gasteiger partial charge is 0.323 e. The summed E-state index contributed by atoms with van der Waals surface area (Å²) in [4.78, 5) is 9.22. The number of alkyl halides is 1. The molecule has 2 aromatic heterocycles. The van der Waals surface area contributed by atoms with Gasteiger partial charge in [0.15, 0.2) is 0 Å². The number of rotatable bonds is 4. The number of imidazole rings is 1. The van der Waals surface area contributed by atoms with Crippen molar-refractivity contribution in [2.24, 2.45) is 5.92 Å². The highest BCUT2D eigenvalue weighted by Crippen LogP contribution is 2.49. The molecule has 4 rings (SSSR count). The van der Waals surface area contributed by atoms with Crippen LogP contribution in [0.2, 0.25) is 0 Å². The summed E-state index contributed by atoms with van der Waals surface area (Å²) in [5.74, 6) is 2.22. The van der Waals surface area contributed by atoms with E-state index in [4.69, 9.17) is 16.6 Å². The van der Waals surface area contributed by atoms with Crippen LogP contribution in [0.15, 0.2) is 30.5 Å². The third-order valence-corrected chi connectivity index (χ3v) is 4.73. The second-order valence-corrected chi connectivity index (χ2v) is 6.16. The Bertz CT molecular complexity index is 808. The van der Waals surface area contributed by atoms with E-state index in [1.54, 1.807) is 0 Å². The predicted octanol–water partition coefficient (Wildman–Crippen LogP) is 4.68.